The minimum Gasteiger partial charge on any atom is -0.503 e. The van der Waals surface area contributed by atoms with Crippen LogP contribution in [0.25, 0.3) is 0 Å². The van der Waals surface area contributed by atoms with Gasteiger partial charge in [0.15, 0.2) is 11.5 Å². The lowest BCUT2D eigenvalue weighted by Gasteiger charge is -2.41. The van der Waals surface area contributed by atoms with E-state index in [4.69, 9.17) is 21.1 Å². The van der Waals surface area contributed by atoms with Gasteiger partial charge in [-0.3, -0.25) is 4.79 Å². The second kappa shape index (κ2) is 7.75. The van der Waals surface area contributed by atoms with Crippen molar-refractivity contribution in [2.45, 2.75) is 40.0 Å². The highest BCUT2D eigenvalue weighted by Crippen LogP contribution is 2.49. The van der Waals surface area contributed by atoms with Crippen molar-refractivity contribution in [1.29, 1.82) is 0 Å². The summed E-state index contributed by atoms with van der Waals surface area (Å²) in [7, 11) is 1.31. The standard InChI is InChI=1S/C22H26ClNO5/c1-6-29-16-8-12(7-13(23)20(16)26)18-17(21(27)28-5)11(2)24-14-9-22(3,4)10-15(25)19(14)18/h7-9,18-19,24,26H,6,10H2,1-5H3. The Morgan fingerprint density at radius 2 is 2.03 bits per heavy atom. The molecule has 156 valence electrons. The van der Waals surface area contributed by atoms with Gasteiger partial charge in [-0.1, -0.05) is 31.5 Å². The number of hydrogen-bond acceptors (Lipinski definition) is 6. The number of allylic oxidation sites excluding steroid dienone is 3. The first-order chi connectivity index (χ1) is 13.6. The van der Waals surface area contributed by atoms with Crippen LogP contribution in [0.1, 0.15) is 45.6 Å². The van der Waals surface area contributed by atoms with E-state index in [2.05, 4.69) is 11.4 Å². The maximum absolute atomic E-state index is 13.2. The molecule has 1 aliphatic heterocycles. The van der Waals surface area contributed by atoms with Crippen LogP contribution in [0.3, 0.4) is 0 Å². The normalized spacial score (nSPS) is 23.1. The van der Waals surface area contributed by atoms with Crippen molar-refractivity contribution < 1.29 is 24.2 Å². The van der Waals surface area contributed by atoms with Crippen LogP contribution in [0.5, 0.6) is 11.5 Å². The highest BCUT2D eigenvalue weighted by molar-refractivity contribution is 6.32. The molecule has 1 aliphatic carbocycles. The van der Waals surface area contributed by atoms with Crippen LogP contribution < -0.4 is 10.1 Å². The Balaban J connectivity index is 2.26. The number of halogens is 1. The number of methoxy groups -OCH3 is 1. The lowest BCUT2D eigenvalue weighted by molar-refractivity contribution is -0.136. The number of fused-ring (bicyclic) bond motifs is 1. The number of phenolic OH excluding ortho intramolecular Hbond substituents is 1. The monoisotopic (exact) mass is 419 g/mol. The fourth-order valence-electron chi connectivity index (χ4n) is 4.25. The fourth-order valence-corrected chi connectivity index (χ4v) is 4.46. The number of ketones is 1. The highest BCUT2D eigenvalue weighted by atomic mass is 35.5. The molecule has 0 bridgehead atoms. The van der Waals surface area contributed by atoms with Crippen LogP contribution in [0.2, 0.25) is 5.02 Å². The van der Waals surface area contributed by atoms with Gasteiger partial charge in [-0.05, 0) is 37.0 Å². The zero-order valence-electron chi connectivity index (χ0n) is 17.3. The summed E-state index contributed by atoms with van der Waals surface area (Å²) >= 11 is 6.25. The average molecular weight is 420 g/mol. The quantitative estimate of drug-likeness (QED) is 0.715. The van der Waals surface area contributed by atoms with Gasteiger partial charge in [-0.2, -0.15) is 0 Å². The van der Waals surface area contributed by atoms with Crippen LogP contribution >= 0.6 is 11.6 Å². The third-order valence-electron chi connectivity index (χ3n) is 5.35. The summed E-state index contributed by atoms with van der Waals surface area (Å²) in [5.74, 6) is -1.62. The summed E-state index contributed by atoms with van der Waals surface area (Å²) in [6.07, 6.45) is 2.41. The number of hydrogen-bond donors (Lipinski definition) is 2. The molecule has 0 radical (unpaired) electrons. The maximum atomic E-state index is 13.2. The van der Waals surface area contributed by atoms with E-state index < -0.39 is 17.8 Å². The molecule has 2 atom stereocenters. The molecular weight excluding hydrogens is 394 g/mol. The first-order valence-electron chi connectivity index (χ1n) is 9.56. The molecule has 3 rings (SSSR count). The van der Waals surface area contributed by atoms with E-state index >= 15 is 0 Å². The van der Waals surface area contributed by atoms with Crippen LogP contribution in [-0.2, 0) is 14.3 Å². The van der Waals surface area contributed by atoms with Crippen LogP contribution in [0, 0.1) is 11.3 Å². The third-order valence-corrected chi connectivity index (χ3v) is 5.64. The van der Waals surface area contributed by atoms with Crippen molar-refractivity contribution in [3.8, 4) is 11.5 Å². The SMILES string of the molecule is CCOc1cc(C2C(C(=O)OC)=C(C)NC3=CC(C)(C)CC(=O)C32)cc(Cl)c1O. The van der Waals surface area contributed by atoms with E-state index in [0.717, 1.165) is 5.70 Å². The molecule has 7 heteroatoms. The summed E-state index contributed by atoms with van der Waals surface area (Å²) in [6, 6.07) is 3.22. The van der Waals surface area contributed by atoms with Crippen LogP contribution in [-0.4, -0.2) is 30.6 Å². The number of nitrogens with one attached hydrogen (secondary N) is 1. The summed E-state index contributed by atoms with van der Waals surface area (Å²) in [6.45, 7) is 7.92. The summed E-state index contributed by atoms with van der Waals surface area (Å²) in [5.41, 5.74) is 2.08. The molecule has 6 nitrogen and oxygen atoms in total. The minimum atomic E-state index is -0.601. The van der Waals surface area contributed by atoms with Crippen molar-refractivity contribution in [3.05, 3.63) is 45.8 Å². The van der Waals surface area contributed by atoms with Gasteiger partial charge in [0.05, 0.1) is 30.2 Å². The zero-order valence-corrected chi connectivity index (χ0v) is 18.0. The molecule has 2 N–H and O–H groups in total. The topological polar surface area (TPSA) is 84.9 Å². The summed E-state index contributed by atoms with van der Waals surface area (Å²) < 4.78 is 10.5. The van der Waals surface area contributed by atoms with Gasteiger partial charge in [-0.25, -0.2) is 4.79 Å². The molecule has 0 amide bonds. The van der Waals surface area contributed by atoms with E-state index in [1.807, 2.05) is 13.8 Å². The molecule has 0 saturated heterocycles. The largest absolute Gasteiger partial charge is 0.503 e. The van der Waals surface area contributed by atoms with Gasteiger partial charge < -0.3 is 19.9 Å². The van der Waals surface area contributed by atoms with Crippen molar-refractivity contribution in [1.82, 2.24) is 5.32 Å². The fraction of sp³-hybridized carbons (Fsp3) is 0.455. The number of carbonyl (C=O) groups is 2. The van der Waals surface area contributed by atoms with Crippen molar-refractivity contribution in [2.75, 3.05) is 13.7 Å². The second-order valence-corrected chi connectivity index (χ2v) is 8.53. The molecule has 0 saturated carbocycles. The van der Waals surface area contributed by atoms with Crippen molar-refractivity contribution in [3.63, 3.8) is 0 Å². The van der Waals surface area contributed by atoms with E-state index in [1.54, 1.807) is 26.0 Å². The summed E-state index contributed by atoms with van der Waals surface area (Å²) in [4.78, 5) is 25.9. The molecule has 1 aromatic rings. The van der Waals surface area contributed by atoms with Crippen LogP contribution in [0.15, 0.2) is 35.2 Å². The maximum Gasteiger partial charge on any atom is 0.336 e. The highest BCUT2D eigenvalue weighted by Gasteiger charge is 2.46. The number of Topliss-reactive ketones (excluding diaryl/α,β-unsaturated/α-hetero) is 1. The number of esters is 1. The Hall–Kier alpha value is -2.47. The van der Waals surface area contributed by atoms with Gasteiger partial charge in [0, 0.05) is 23.7 Å². The number of rotatable bonds is 4. The Bertz CT molecular complexity index is 931. The molecule has 1 heterocycles. The van der Waals surface area contributed by atoms with Crippen molar-refractivity contribution in [2.24, 2.45) is 11.3 Å². The number of benzene rings is 1. The number of phenols is 1. The van der Waals surface area contributed by atoms with Crippen LogP contribution in [0.4, 0.5) is 0 Å². The van der Waals surface area contributed by atoms with Crippen molar-refractivity contribution >= 4 is 23.4 Å². The van der Waals surface area contributed by atoms with Gasteiger partial charge >= 0.3 is 5.97 Å². The molecule has 29 heavy (non-hydrogen) atoms. The van der Waals surface area contributed by atoms with E-state index in [1.165, 1.54) is 7.11 Å². The number of aromatic hydroxyl groups is 1. The first-order valence-corrected chi connectivity index (χ1v) is 9.94. The first kappa shape index (κ1) is 21.2. The average Bonchev–Trinajstić information content (AvgIpc) is 2.62. The Kier molecular flexibility index (Phi) is 5.68. The number of carbonyl (C=O) groups excluding carboxylic acids is 2. The molecule has 0 spiro atoms. The molecule has 1 aromatic carbocycles. The smallest absolute Gasteiger partial charge is 0.336 e. The van der Waals surface area contributed by atoms with Gasteiger partial charge in [0.1, 0.15) is 5.78 Å². The second-order valence-electron chi connectivity index (χ2n) is 8.12. The lowest BCUT2D eigenvalue weighted by atomic mass is 9.66. The van der Waals surface area contributed by atoms with Gasteiger partial charge in [-0.15, -0.1) is 0 Å². The number of ether oxygens (including phenoxy) is 2. The molecule has 2 unspecified atom stereocenters. The molecule has 0 fully saturated rings. The predicted molar refractivity (Wildman–Crippen MR) is 110 cm³/mol. The van der Waals surface area contributed by atoms with Gasteiger partial charge in [0.25, 0.3) is 0 Å². The Morgan fingerprint density at radius 3 is 2.66 bits per heavy atom. The molecule has 0 aromatic heterocycles. The lowest BCUT2D eigenvalue weighted by Crippen LogP contribution is -2.43. The zero-order chi connectivity index (χ0) is 21.5. The molecule has 2 aliphatic rings. The van der Waals surface area contributed by atoms with E-state index in [0.29, 0.717) is 29.9 Å². The third kappa shape index (κ3) is 3.86. The van der Waals surface area contributed by atoms with Gasteiger partial charge in [0.2, 0.25) is 0 Å². The Morgan fingerprint density at radius 1 is 1.34 bits per heavy atom. The van der Waals surface area contributed by atoms with E-state index in [-0.39, 0.29) is 27.7 Å². The Labute approximate surface area is 175 Å². The predicted octanol–water partition coefficient (Wildman–Crippen LogP) is 4.08. The molecular formula is C22H26ClNO5. The summed E-state index contributed by atoms with van der Waals surface area (Å²) in [5, 5.41) is 13.6. The van der Waals surface area contributed by atoms with E-state index in [9.17, 15) is 14.7 Å². The minimum absolute atomic E-state index is 0.0288.